The van der Waals surface area contributed by atoms with Crippen LogP contribution in [0, 0.1) is 0 Å². The van der Waals surface area contributed by atoms with Crippen molar-refractivity contribution in [1.82, 2.24) is 0 Å². The van der Waals surface area contributed by atoms with Crippen molar-refractivity contribution in [3.05, 3.63) is 35.9 Å². The number of rotatable bonds is 3. The van der Waals surface area contributed by atoms with Crippen LogP contribution in [0.25, 0.3) is 0 Å². The van der Waals surface area contributed by atoms with E-state index in [0.717, 1.165) is 5.56 Å². The minimum Gasteiger partial charge on any atom is -0.330 e. The molecule has 0 spiro atoms. The molecule has 1 heterocycles. The Balaban J connectivity index is 2.12. The van der Waals surface area contributed by atoms with E-state index in [1.165, 1.54) is 14.2 Å². The van der Waals surface area contributed by atoms with Gasteiger partial charge in [0.05, 0.1) is 0 Å². The van der Waals surface area contributed by atoms with Gasteiger partial charge in [-0.25, -0.2) is 0 Å². The third-order valence-electron chi connectivity index (χ3n) is 2.59. The molecule has 3 nitrogen and oxygen atoms in total. The number of alkyl halides is 1. The molecule has 1 aliphatic rings. The Morgan fingerprint density at radius 3 is 2.27 bits per heavy atom. The van der Waals surface area contributed by atoms with E-state index in [1.807, 2.05) is 30.3 Å². The standard InChI is InChI=1S/C11H13ClO3/c1-13-11(14-2)10(12)9(15-11)8-6-4-3-5-7-8/h3-7,9-10H,1-2H3/t9-,10-/m0/s1. The fourth-order valence-corrected chi connectivity index (χ4v) is 2.13. The Morgan fingerprint density at radius 1 is 1.20 bits per heavy atom. The first-order chi connectivity index (χ1) is 7.23. The van der Waals surface area contributed by atoms with Crippen molar-refractivity contribution in [2.75, 3.05) is 14.2 Å². The van der Waals surface area contributed by atoms with Crippen LogP contribution in [0.3, 0.4) is 0 Å². The van der Waals surface area contributed by atoms with Gasteiger partial charge in [0, 0.05) is 14.2 Å². The highest BCUT2D eigenvalue weighted by Crippen LogP contribution is 2.47. The lowest BCUT2D eigenvalue weighted by atomic mass is 10.00. The summed E-state index contributed by atoms with van der Waals surface area (Å²) < 4.78 is 15.8. The molecule has 1 saturated heterocycles. The Kier molecular flexibility index (Phi) is 2.98. The molecule has 0 unspecified atom stereocenters. The Hall–Kier alpha value is -0.610. The fourth-order valence-electron chi connectivity index (χ4n) is 1.70. The van der Waals surface area contributed by atoms with Crippen molar-refractivity contribution in [2.45, 2.75) is 17.5 Å². The minimum absolute atomic E-state index is 0.173. The summed E-state index contributed by atoms with van der Waals surface area (Å²) in [4.78, 5) is 0. The van der Waals surface area contributed by atoms with Crippen LogP contribution >= 0.6 is 11.6 Å². The zero-order chi connectivity index (χ0) is 10.9. The maximum Gasteiger partial charge on any atom is 0.303 e. The second-order valence-corrected chi connectivity index (χ2v) is 3.83. The van der Waals surface area contributed by atoms with Crippen molar-refractivity contribution >= 4 is 11.6 Å². The SMILES string of the molecule is COC1(OC)O[C@@H](c2ccccc2)[C@@H]1Cl. The van der Waals surface area contributed by atoms with E-state index in [-0.39, 0.29) is 11.5 Å². The highest BCUT2D eigenvalue weighted by Gasteiger charge is 2.57. The van der Waals surface area contributed by atoms with Gasteiger partial charge in [0.25, 0.3) is 0 Å². The van der Waals surface area contributed by atoms with E-state index in [9.17, 15) is 0 Å². The molecule has 0 aliphatic carbocycles. The number of ether oxygens (including phenoxy) is 3. The maximum absolute atomic E-state index is 6.20. The minimum atomic E-state index is -1.10. The van der Waals surface area contributed by atoms with E-state index in [0.29, 0.717) is 0 Å². The van der Waals surface area contributed by atoms with Gasteiger partial charge in [-0.3, -0.25) is 0 Å². The van der Waals surface area contributed by atoms with Crippen molar-refractivity contribution < 1.29 is 14.2 Å². The largest absolute Gasteiger partial charge is 0.330 e. The number of methoxy groups -OCH3 is 2. The molecule has 2 rings (SSSR count). The molecule has 0 N–H and O–H groups in total. The molecule has 0 radical (unpaired) electrons. The van der Waals surface area contributed by atoms with Gasteiger partial charge in [-0.15, -0.1) is 11.6 Å². The molecule has 0 bridgehead atoms. The van der Waals surface area contributed by atoms with Crippen LogP contribution in [0.1, 0.15) is 11.7 Å². The van der Waals surface area contributed by atoms with Crippen molar-refractivity contribution in [1.29, 1.82) is 0 Å². The second kappa shape index (κ2) is 4.10. The van der Waals surface area contributed by atoms with Crippen LogP contribution < -0.4 is 0 Å². The first-order valence-corrected chi connectivity index (χ1v) is 5.14. The molecule has 1 aliphatic heterocycles. The van der Waals surface area contributed by atoms with E-state index >= 15 is 0 Å². The second-order valence-electron chi connectivity index (χ2n) is 3.36. The first-order valence-electron chi connectivity index (χ1n) is 4.70. The van der Waals surface area contributed by atoms with Crippen LogP contribution in [0.4, 0.5) is 0 Å². The van der Waals surface area contributed by atoms with Crippen molar-refractivity contribution in [3.8, 4) is 0 Å². The molecule has 1 aromatic rings. The van der Waals surface area contributed by atoms with Crippen LogP contribution in [0.15, 0.2) is 30.3 Å². The molecule has 2 atom stereocenters. The normalized spacial score (nSPS) is 28.5. The lowest BCUT2D eigenvalue weighted by Crippen LogP contribution is -2.59. The third kappa shape index (κ3) is 1.66. The van der Waals surface area contributed by atoms with Gasteiger partial charge in [-0.1, -0.05) is 30.3 Å². The number of hydrogen-bond acceptors (Lipinski definition) is 3. The molecular weight excluding hydrogens is 216 g/mol. The van der Waals surface area contributed by atoms with Gasteiger partial charge >= 0.3 is 5.97 Å². The molecule has 1 aromatic carbocycles. The smallest absolute Gasteiger partial charge is 0.303 e. The topological polar surface area (TPSA) is 27.7 Å². The Bertz CT molecular complexity index is 324. The Morgan fingerprint density at radius 2 is 1.80 bits per heavy atom. The van der Waals surface area contributed by atoms with E-state index in [2.05, 4.69) is 0 Å². The number of halogens is 1. The summed E-state index contributed by atoms with van der Waals surface area (Å²) in [5, 5.41) is -0.338. The molecule has 82 valence electrons. The lowest BCUT2D eigenvalue weighted by molar-refractivity contribution is -0.444. The zero-order valence-corrected chi connectivity index (χ0v) is 9.40. The van der Waals surface area contributed by atoms with Gasteiger partial charge < -0.3 is 14.2 Å². The molecule has 0 saturated carbocycles. The Labute approximate surface area is 93.9 Å². The van der Waals surface area contributed by atoms with Gasteiger partial charge in [0.1, 0.15) is 11.5 Å². The monoisotopic (exact) mass is 228 g/mol. The zero-order valence-electron chi connectivity index (χ0n) is 8.64. The quantitative estimate of drug-likeness (QED) is 0.587. The van der Waals surface area contributed by atoms with Crippen LogP contribution in [0.2, 0.25) is 0 Å². The summed E-state index contributed by atoms with van der Waals surface area (Å²) in [6.45, 7) is 0. The van der Waals surface area contributed by atoms with Crippen molar-refractivity contribution in [3.63, 3.8) is 0 Å². The molecule has 0 amide bonds. The fraction of sp³-hybridized carbons (Fsp3) is 0.455. The first kappa shape index (κ1) is 10.9. The summed E-state index contributed by atoms with van der Waals surface area (Å²) in [5.74, 6) is -1.10. The lowest BCUT2D eigenvalue weighted by Gasteiger charge is -2.48. The molecule has 15 heavy (non-hydrogen) atoms. The van der Waals surface area contributed by atoms with Gasteiger partial charge in [-0.05, 0) is 5.56 Å². The number of hydrogen-bond donors (Lipinski definition) is 0. The summed E-state index contributed by atoms with van der Waals surface area (Å²) in [7, 11) is 3.03. The summed E-state index contributed by atoms with van der Waals surface area (Å²) >= 11 is 6.20. The van der Waals surface area contributed by atoms with Crippen LogP contribution in [-0.4, -0.2) is 25.6 Å². The summed E-state index contributed by atoms with van der Waals surface area (Å²) in [5.41, 5.74) is 1.03. The third-order valence-corrected chi connectivity index (χ3v) is 3.09. The number of benzene rings is 1. The molecule has 4 heteroatoms. The van der Waals surface area contributed by atoms with Crippen LogP contribution in [0.5, 0.6) is 0 Å². The van der Waals surface area contributed by atoms with Gasteiger partial charge in [0.2, 0.25) is 0 Å². The average molecular weight is 229 g/mol. The predicted molar refractivity (Wildman–Crippen MR) is 56.7 cm³/mol. The maximum atomic E-state index is 6.20. The van der Waals surface area contributed by atoms with Crippen molar-refractivity contribution in [2.24, 2.45) is 0 Å². The van der Waals surface area contributed by atoms with Crippen LogP contribution in [-0.2, 0) is 14.2 Å². The molecule has 0 aromatic heterocycles. The van der Waals surface area contributed by atoms with E-state index in [1.54, 1.807) is 0 Å². The average Bonchev–Trinajstić information content (AvgIpc) is 2.30. The van der Waals surface area contributed by atoms with Gasteiger partial charge in [-0.2, -0.15) is 0 Å². The predicted octanol–water partition coefficient (Wildman–Crippen LogP) is 2.31. The summed E-state index contributed by atoms with van der Waals surface area (Å²) in [6.07, 6.45) is -0.173. The van der Waals surface area contributed by atoms with E-state index in [4.69, 9.17) is 25.8 Å². The highest BCUT2D eigenvalue weighted by atomic mass is 35.5. The highest BCUT2D eigenvalue weighted by molar-refractivity contribution is 6.22. The summed E-state index contributed by atoms with van der Waals surface area (Å²) in [6, 6.07) is 9.78. The molecular formula is C11H13ClO3. The molecule has 1 fully saturated rings. The van der Waals surface area contributed by atoms with E-state index < -0.39 is 5.97 Å². The van der Waals surface area contributed by atoms with Gasteiger partial charge in [0.15, 0.2) is 0 Å².